The van der Waals surface area contributed by atoms with Gasteiger partial charge in [-0.25, -0.2) is 16.8 Å². The summed E-state index contributed by atoms with van der Waals surface area (Å²) in [5, 5.41) is -0.497. The Balaban J connectivity index is 1.95. The van der Waals surface area contributed by atoms with Gasteiger partial charge in [-0.15, -0.1) is 0 Å². The smallest absolute Gasteiger partial charge is 0.246 e. The van der Waals surface area contributed by atoms with Gasteiger partial charge in [0.15, 0.2) is 9.84 Å². The van der Waals surface area contributed by atoms with Crippen molar-refractivity contribution in [3.63, 3.8) is 0 Å². The number of sulfone groups is 1. The van der Waals surface area contributed by atoms with Crippen molar-refractivity contribution in [1.29, 1.82) is 0 Å². The molecule has 1 saturated heterocycles. The van der Waals surface area contributed by atoms with Crippen molar-refractivity contribution >= 4 is 31.5 Å². The number of nitrogens with zero attached hydrogens (tertiary/aromatic N) is 1. The largest absolute Gasteiger partial charge is 0.497 e. The summed E-state index contributed by atoms with van der Waals surface area (Å²) in [5.74, 6) is 0.303. The van der Waals surface area contributed by atoms with Crippen LogP contribution in [0.3, 0.4) is 0 Å². The van der Waals surface area contributed by atoms with E-state index in [1.165, 1.54) is 36.7 Å². The number of hydrogen-bond acceptors (Lipinski definition) is 6. The van der Waals surface area contributed by atoms with Crippen LogP contribution < -0.4 is 9.47 Å². The first-order valence-electron chi connectivity index (χ1n) is 8.89. The standard InChI is InChI=1S/C19H22ClNO6S2/c1-26-14-7-8-19(17(13-14)27-2)29(24,25)21-10-9-18(28(22,23)12-11-21)15-5-3-4-6-16(15)20/h3-8,13,18H,9-12H2,1-2H3. The van der Waals surface area contributed by atoms with Gasteiger partial charge in [0.05, 0.1) is 25.2 Å². The van der Waals surface area contributed by atoms with E-state index in [0.717, 1.165) is 0 Å². The Labute approximate surface area is 176 Å². The lowest BCUT2D eigenvalue weighted by atomic mass is 10.1. The third-order valence-corrected chi connectivity index (χ3v) is 9.33. The fourth-order valence-electron chi connectivity index (χ4n) is 3.38. The molecule has 1 heterocycles. The molecule has 0 amide bonds. The molecule has 158 valence electrons. The van der Waals surface area contributed by atoms with Gasteiger partial charge in [-0.2, -0.15) is 4.31 Å². The van der Waals surface area contributed by atoms with Gasteiger partial charge in [0.25, 0.3) is 0 Å². The summed E-state index contributed by atoms with van der Waals surface area (Å²) < 4.78 is 63.7. The number of ether oxygens (including phenoxy) is 2. The minimum Gasteiger partial charge on any atom is -0.497 e. The van der Waals surface area contributed by atoms with Gasteiger partial charge in [0.2, 0.25) is 10.0 Å². The van der Waals surface area contributed by atoms with E-state index in [1.807, 2.05) is 0 Å². The summed E-state index contributed by atoms with van der Waals surface area (Å²) in [6.45, 7) is -0.0898. The van der Waals surface area contributed by atoms with E-state index in [9.17, 15) is 16.8 Å². The Morgan fingerprint density at radius 3 is 2.45 bits per heavy atom. The van der Waals surface area contributed by atoms with E-state index in [-0.39, 0.29) is 35.9 Å². The van der Waals surface area contributed by atoms with Crippen molar-refractivity contribution in [2.45, 2.75) is 16.6 Å². The Kier molecular flexibility index (Phi) is 6.42. The Morgan fingerprint density at radius 2 is 1.79 bits per heavy atom. The van der Waals surface area contributed by atoms with Crippen LogP contribution in [0, 0.1) is 0 Å². The molecule has 1 aliphatic rings. The Bertz CT molecular complexity index is 1100. The Morgan fingerprint density at radius 1 is 1.07 bits per heavy atom. The molecule has 0 bridgehead atoms. The Hall–Kier alpha value is -1.81. The molecule has 0 spiro atoms. The highest BCUT2D eigenvalue weighted by Gasteiger charge is 2.37. The van der Waals surface area contributed by atoms with Crippen LogP contribution in [0.1, 0.15) is 17.2 Å². The van der Waals surface area contributed by atoms with Gasteiger partial charge >= 0.3 is 0 Å². The maximum atomic E-state index is 13.2. The average Bonchev–Trinajstić information content (AvgIpc) is 2.86. The molecule has 3 rings (SSSR count). The summed E-state index contributed by atoms with van der Waals surface area (Å²) in [7, 11) is -4.70. The molecule has 29 heavy (non-hydrogen) atoms. The van der Waals surface area contributed by atoms with E-state index >= 15 is 0 Å². The van der Waals surface area contributed by atoms with Gasteiger partial charge in [0, 0.05) is 24.2 Å². The van der Waals surface area contributed by atoms with Crippen LogP contribution in [0.5, 0.6) is 11.5 Å². The van der Waals surface area contributed by atoms with E-state index in [1.54, 1.807) is 24.3 Å². The molecule has 1 unspecified atom stereocenters. The summed E-state index contributed by atoms with van der Waals surface area (Å²) in [5.41, 5.74) is 0.496. The highest BCUT2D eigenvalue weighted by atomic mass is 35.5. The van der Waals surface area contributed by atoms with Crippen molar-refractivity contribution in [1.82, 2.24) is 4.31 Å². The van der Waals surface area contributed by atoms with E-state index in [2.05, 4.69) is 0 Å². The fourth-order valence-corrected chi connectivity index (χ4v) is 7.23. The maximum absolute atomic E-state index is 13.2. The second-order valence-corrected chi connectivity index (χ2v) is 11.2. The highest BCUT2D eigenvalue weighted by molar-refractivity contribution is 7.92. The molecule has 1 aliphatic heterocycles. The first-order valence-corrected chi connectivity index (χ1v) is 12.4. The average molecular weight is 460 g/mol. The molecular weight excluding hydrogens is 438 g/mol. The first kappa shape index (κ1) is 21.9. The van der Waals surface area contributed by atoms with Crippen LogP contribution in [0.15, 0.2) is 47.4 Å². The summed E-state index contributed by atoms with van der Waals surface area (Å²) in [4.78, 5) is -0.0330. The molecule has 0 radical (unpaired) electrons. The minimum atomic E-state index is -3.96. The predicted molar refractivity (Wildman–Crippen MR) is 111 cm³/mol. The second-order valence-electron chi connectivity index (χ2n) is 6.59. The minimum absolute atomic E-state index is 0.0330. The first-order chi connectivity index (χ1) is 13.7. The second kappa shape index (κ2) is 8.51. The van der Waals surface area contributed by atoms with Crippen molar-refractivity contribution in [2.75, 3.05) is 33.1 Å². The lowest BCUT2D eigenvalue weighted by molar-refractivity contribution is 0.380. The summed E-state index contributed by atoms with van der Waals surface area (Å²) in [6, 6.07) is 11.2. The van der Waals surface area contributed by atoms with Crippen molar-refractivity contribution in [3.8, 4) is 11.5 Å². The number of rotatable bonds is 5. The number of hydrogen-bond donors (Lipinski definition) is 0. The number of sulfonamides is 1. The molecule has 7 nitrogen and oxygen atoms in total. The van der Waals surface area contributed by atoms with Crippen molar-refractivity contribution < 1.29 is 26.3 Å². The molecule has 2 aromatic carbocycles. The molecule has 1 atom stereocenters. The van der Waals surface area contributed by atoms with Crippen molar-refractivity contribution in [2.24, 2.45) is 0 Å². The third-order valence-electron chi connectivity index (χ3n) is 4.94. The molecule has 0 aromatic heterocycles. The third kappa shape index (κ3) is 4.37. The molecule has 0 saturated carbocycles. The molecule has 10 heteroatoms. The van der Waals surface area contributed by atoms with Crippen LogP contribution in [-0.2, 0) is 19.9 Å². The summed E-state index contributed by atoms with van der Waals surface area (Å²) in [6.07, 6.45) is 0.115. The van der Waals surface area contributed by atoms with Gasteiger partial charge in [-0.1, -0.05) is 29.8 Å². The van der Waals surface area contributed by atoms with Gasteiger partial charge < -0.3 is 9.47 Å². The highest BCUT2D eigenvalue weighted by Crippen LogP contribution is 2.36. The van der Waals surface area contributed by atoms with Crippen LogP contribution in [0.4, 0.5) is 0 Å². The van der Waals surface area contributed by atoms with E-state index in [0.29, 0.717) is 16.3 Å². The van der Waals surface area contributed by atoms with Crippen LogP contribution in [0.2, 0.25) is 5.02 Å². The predicted octanol–water partition coefficient (Wildman–Crippen LogP) is 2.91. The quantitative estimate of drug-likeness (QED) is 0.682. The zero-order chi connectivity index (χ0) is 21.2. The maximum Gasteiger partial charge on any atom is 0.246 e. The van der Waals surface area contributed by atoms with Gasteiger partial charge in [-0.05, 0) is 30.2 Å². The van der Waals surface area contributed by atoms with E-state index in [4.69, 9.17) is 21.1 Å². The number of benzene rings is 2. The number of halogens is 1. The lowest BCUT2D eigenvalue weighted by Gasteiger charge is -2.21. The molecule has 0 N–H and O–H groups in total. The molecule has 2 aromatic rings. The fraction of sp³-hybridized carbons (Fsp3) is 0.368. The summed E-state index contributed by atoms with van der Waals surface area (Å²) >= 11 is 6.20. The number of methoxy groups -OCH3 is 2. The van der Waals surface area contributed by atoms with Gasteiger partial charge in [0.1, 0.15) is 16.4 Å². The molecule has 1 fully saturated rings. The molecular formula is C19H22ClNO6S2. The lowest BCUT2D eigenvalue weighted by Crippen LogP contribution is -2.33. The van der Waals surface area contributed by atoms with Crippen molar-refractivity contribution in [3.05, 3.63) is 53.1 Å². The van der Waals surface area contributed by atoms with Gasteiger partial charge in [-0.3, -0.25) is 0 Å². The zero-order valence-corrected chi connectivity index (χ0v) is 18.4. The zero-order valence-electron chi connectivity index (χ0n) is 16.0. The topological polar surface area (TPSA) is 90.0 Å². The molecule has 0 aliphatic carbocycles. The van der Waals surface area contributed by atoms with E-state index < -0.39 is 25.1 Å². The van der Waals surface area contributed by atoms with Crippen LogP contribution in [-0.4, -0.2) is 54.2 Å². The monoisotopic (exact) mass is 459 g/mol. The van der Waals surface area contributed by atoms with Crippen LogP contribution in [0.25, 0.3) is 0 Å². The van der Waals surface area contributed by atoms with Crippen LogP contribution >= 0.6 is 11.6 Å². The normalized spacial score (nSPS) is 20.0. The SMILES string of the molecule is COc1ccc(S(=O)(=O)N2CCC(c3ccccc3Cl)S(=O)(=O)CC2)c(OC)c1.